The smallest absolute Gasteiger partial charge is 0.201 e. The highest BCUT2D eigenvalue weighted by molar-refractivity contribution is 5.66. The fourth-order valence-electron chi connectivity index (χ4n) is 3.29. The lowest BCUT2D eigenvalue weighted by atomic mass is 9.89. The van der Waals surface area contributed by atoms with Crippen molar-refractivity contribution in [1.82, 2.24) is 0 Å². The molecule has 3 rings (SSSR count). The summed E-state index contributed by atoms with van der Waals surface area (Å²) < 4.78 is 53.2. The summed E-state index contributed by atoms with van der Waals surface area (Å²) in [5.41, 5.74) is 0.740. The number of ether oxygens (including phenoxy) is 2. The third-order valence-electron chi connectivity index (χ3n) is 4.85. The number of methoxy groups -OCH3 is 1. The summed E-state index contributed by atoms with van der Waals surface area (Å²) in [6.07, 6.45) is 3.13. The Morgan fingerprint density at radius 1 is 1.04 bits per heavy atom. The minimum Gasteiger partial charge on any atom is -0.494 e. The molecule has 1 aliphatic heterocycles. The maximum Gasteiger partial charge on any atom is 0.201 e. The van der Waals surface area contributed by atoms with E-state index in [-0.39, 0.29) is 28.9 Å². The van der Waals surface area contributed by atoms with E-state index in [0.717, 1.165) is 24.8 Å². The topological polar surface area (TPSA) is 18.5 Å². The molecule has 0 saturated carbocycles. The van der Waals surface area contributed by atoms with Gasteiger partial charge in [0.25, 0.3) is 0 Å². The molecule has 1 heterocycles. The quantitative estimate of drug-likeness (QED) is 0.730. The summed E-state index contributed by atoms with van der Waals surface area (Å²) in [7, 11) is 1.25. The highest BCUT2D eigenvalue weighted by Gasteiger charge is 2.23. The van der Waals surface area contributed by atoms with Crippen LogP contribution >= 0.6 is 0 Å². The van der Waals surface area contributed by atoms with E-state index in [1.807, 2.05) is 0 Å². The molecule has 5 heteroatoms. The summed E-state index contributed by atoms with van der Waals surface area (Å²) in [4.78, 5) is 0. The minimum atomic E-state index is -1.12. The molecule has 134 valence electrons. The van der Waals surface area contributed by atoms with Gasteiger partial charge >= 0.3 is 0 Å². The molecule has 1 saturated heterocycles. The van der Waals surface area contributed by atoms with Gasteiger partial charge in [0.1, 0.15) is 5.82 Å². The van der Waals surface area contributed by atoms with Crippen molar-refractivity contribution in [3.05, 3.63) is 53.3 Å². The fourth-order valence-corrected chi connectivity index (χ4v) is 3.29. The van der Waals surface area contributed by atoms with Crippen molar-refractivity contribution in [2.24, 2.45) is 0 Å². The summed E-state index contributed by atoms with van der Waals surface area (Å²) in [6.45, 7) is 2.64. The van der Waals surface area contributed by atoms with Crippen LogP contribution in [-0.2, 0) is 4.74 Å². The molecule has 25 heavy (non-hydrogen) atoms. The predicted octanol–water partition coefficient (Wildman–Crippen LogP) is 5.45. The zero-order valence-electron chi connectivity index (χ0n) is 14.3. The average molecular weight is 350 g/mol. The second-order valence-electron chi connectivity index (χ2n) is 6.32. The summed E-state index contributed by atoms with van der Waals surface area (Å²) in [5, 5.41) is 0. The van der Waals surface area contributed by atoms with Gasteiger partial charge in [0.05, 0.1) is 19.8 Å². The van der Waals surface area contributed by atoms with Crippen molar-refractivity contribution >= 4 is 0 Å². The van der Waals surface area contributed by atoms with Gasteiger partial charge in [-0.05, 0) is 43.0 Å². The molecule has 2 nitrogen and oxygen atoms in total. The van der Waals surface area contributed by atoms with E-state index < -0.39 is 17.5 Å². The summed E-state index contributed by atoms with van der Waals surface area (Å²) in [6, 6.07) is 7.28. The highest BCUT2D eigenvalue weighted by atomic mass is 19.2. The lowest BCUT2D eigenvalue weighted by molar-refractivity contribution is 0.00199. The number of benzene rings is 2. The molecule has 2 atom stereocenters. The number of halogens is 3. The van der Waals surface area contributed by atoms with Crippen molar-refractivity contribution < 1.29 is 22.6 Å². The Labute approximate surface area is 145 Å². The molecule has 1 aliphatic rings. The molecule has 0 aliphatic carbocycles. The van der Waals surface area contributed by atoms with E-state index in [2.05, 4.69) is 6.92 Å². The molecule has 0 radical (unpaired) electrons. The van der Waals surface area contributed by atoms with Gasteiger partial charge < -0.3 is 9.47 Å². The predicted molar refractivity (Wildman–Crippen MR) is 90.3 cm³/mol. The maximum atomic E-state index is 14.6. The zero-order valence-corrected chi connectivity index (χ0v) is 14.3. The Morgan fingerprint density at radius 3 is 2.40 bits per heavy atom. The normalized spacial score (nSPS) is 20.5. The lowest BCUT2D eigenvalue weighted by Crippen LogP contribution is -2.24. The van der Waals surface area contributed by atoms with Gasteiger partial charge in [-0.15, -0.1) is 0 Å². The van der Waals surface area contributed by atoms with Crippen molar-refractivity contribution in [2.75, 3.05) is 13.7 Å². The van der Waals surface area contributed by atoms with Gasteiger partial charge in [0.15, 0.2) is 11.6 Å². The number of hydrogen-bond donors (Lipinski definition) is 0. The van der Waals surface area contributed by atoms with Crippen molar-refractivity contribution in [2.45, 2.75) is 38.2 Å². The first-order valence-corrected chi connectivity index (χ1v) is 8.48. The third kappa shape index (κ3) is 3.52. The second-order valence-corrected chi connectivity index (χ2v) is 6.32. The first-order valence-electron chi connectivity index (χ1n) is 8.48. The van der Waals surface area contributed by atoms with Gasteiger partial charge in [-0.2, -0.15) is 4.39 Å². The Balaban J connectivity index is 1.87. The fraction of sp³-hybridized carbons (Fsp3) is 0.400. The standard InChI is InChI=1S/C20H21F3O2/c1-3-14-6-4-13(11-25-14)12-5-7-15(17(21)10-12)16-8-9-18(24-2)20(23)19(16)22/h5,7-10,13-14H,3-4,6,11H2,1-2H3. The average Bonchev–Trinajstić information content (AvgIpc) is 2.64. The van der Waals surface area contributed by atoms with Crippen molar-refractivity contribution in [1.29, 1.82) is 0 Å². The van der Waals surface area contributed by atoms with E-state index in [1.165, 1.54) is 31.4 Å². The highest BCUT2D eigenvalue weighted by Crippen LogP contribution is 2.34. The maximum absolute atomic E-state index is 14.6. The van der Waals surface area contributed by atoms with Crippen molar-refractivity contribution in [3.63, 3.8) is 0 Å². The van der Waals surface area contributed by atoms with E-state index in [4.69, 9.17) is 9.47 Å². The SMILES string of the molecule is CCC1CCC(c2ccc(-c3ccc(OC)c(F)c3F)c(F)c2)CO1. The first kappa shape index (κ1) is 17.8. The van der Waals surface area contributed by atoms with Crippen LogP contribution in [0, 0.1) is 17.5 Å². The van der Waals surface area contributed by atoms with E-state index in [0.29, 0.717) is 6.61 Å². The van der Waals surface area contributed by atoms with Gasteiger partial charge in [0.2, 0.25) is 5.82 Å². The summed E-state index contributed by atoms with van der Waals surface area (Å²) in [5.74, 6) is -2.88. The van der Waals surface area contributed by atoms with Gasteiger partial charge in [-0.3, -0.25) is 0 Å². The van der Waals surface area contributed by atoms with Crippen LogP contribution in [0.3, 0.4) is 0 Å². The van der Waals surface area contributed by atoms with Crippen LogP contribution in [-0.4, -0.2) is 19.8 Å². The van der Waals surface area contributed by atoms with Crippen LogP contribution in [0.15, 0.2) is 30.3 Å². The Morgan fingerprint density at radius 2 is 1.80 bits per heavy atom. The molecule has 2 aromatic rings. The van der Waals surface area contributed by atoms with E-state index in [9.17, 15) is 13.2 Å². The van der Waals surface area contributed by atoms with Gasteiger partial charge in [0, 0.05) is 17.0 Å². The molecule has 0 N–H and O–H groups in total. The zero-order chi connectivity index (χ0) is 18.0. The monoisotopic (exact) mass is 350 g/mol. The van der Waals surface area contributed by atoms with Crippen LogP contribution in [0.5, 0.6) is 5.75 Å². The van der Waals surface area contributed by atoms with E-state index >= 15 is 0 Å². The molecule has 0 spiro atoms. The molecule has 0 bridgehead atoms. The van der Waals surface area contributed by atoms with Crippen molar-refractivity contribution in [3.8, 4) is 16.9 Å². The van der Waals surface area contributed by atoms with Gasteiger partial charge in [-0.1, -0.05) is 19.1 Å². The third-order valence-corrected chi connectivity index (χ3v) is 4.85. The first-order chi connectivity index (χ1) is 12.0. The molecule has 1 fully saturated rings. The van der Waals surface area contributed by atoms with Crippen LogP contribution in [0.2, 0.25) is 0 Å². The molecule has 2 aromatic carbocycles. The lowest BCUT2D eigenvalue weighted by Gasteiger charge is -2.28. The molecular weight excluding hydrogens is 329 g/mol. The summed E-state index contributed by atoms with van der Waals surface area (Å²) >= 11 is 0. The number of hydrogen-bond acceptors (Lipinski definition) is 2. The Hall–Kier alpha value is -2.01. The molecule has 0 aromatic heterocycles. The Bertz CT molecular complexity index is 753. The van der Waals surface area contributed by atoms with E-state index in [1.54, 1.807) is 6.07 Å². The number of rotatable bonds is 4. The molecular formula is C20H21F3O2. The van der Waals surface area contributed by atoms with Crippen LogP contribution in [0.4, 0.5) is 13.2 Å². The second kappa shape index (κ2) is 7.48. The largest absolute Gasteiger partial charge is 0.494 e. The van der Waals surface area contributed by atoms with Crippen LogP contribution in [0.25, 0.3) is 11.1 Å². The molecule has 0 amide bonds. The minimum absolute atomic E-state index is 0.0333. The Kier molecular flexibility index (Phi) is 5.33. The molecule has 2 unspecified atom stereocenters. The van der Waals surface area contributed by atoms with Gasteiger partial charge in [-0.25, -0.2) is 8.78 Å². The van der Waals surface area contributed by atoms with Crippen LogP contribution in [0.1, 0.15) is 37.7 Å². The van der Waals surface area contributed by atoms with Crippen LogP contribution < -0.4 is 4.74 Å².